The Morgan fingerprint density at radius 1 is 1.25 bits per heavy atom. The maximum absolute atomic E-state index is 12.0. The van der Waals surface area contributed by atoms with Gasteiger partial charge in [0, 0.05) is 38.6 Å². The second-order valence-electron chi connectivity index (χ2n) is 8.36. The van der Waals surface area contributed by atoms with Crippen LogP contribution < -0.4 is 10.6 Å². The number of hydrogen-bond donors (Lipinski definition) is 2. The van der Waals surface area contributed by atoms with Crippen LogP contribution in [0.4, 0.5) is 0 Å². The average Bonchev–Trinajstić information content (AvgIpc) is 3.15. The van der Waals surface area contributed by atoms with Gasteiger partial charge in [-0.2, -0.15) is 0 Å². The molecular formula is C22H37N5O. The second-order valence-corrected chi connectivity index (χ2v) is 8.36. The van der Waals surface area contributed by atoms with Gasteiger partial charge >= 0.3 is 0 Å². The van der Waals surface area contributed by atoms with Crippen molar-refractivity contribution in [2.24, 2.45) is 4.99 Å². The zero-order valence-electron chi connectivity index (χ0n) is 18.2. The predicted molar refractivity (Wildman–Crippen MR) is 117 cm³/mol. The standard InChI is InChI=1S/C22H37N5O/c1-6-27-14-10-13-19(27)15-23-21(24-16-20(28)26(4)5)25-17-22(2,3)18-11-8-7-9-12-18/h7-9,11-12,19H,6,10,13-17H2,1-5H3,(H2,23,24,25). The van der Waals surface area contributed by atoms with Crippen LogP contribution in [0.15, 0.2) is 35.3 Å². The van der Waals surface area contributed by atoms with Gasteiger partial charge in [0.2, 0.25) is 5.91 Å². The fourth-order valence-corrected chi connectivity index (χ4v) is 3.52. The Hall–Kier alpha value is -2.08. The molecule has 1 unspecified atom stereocenters. The van der Waals surface area contributed by atoms with Crippen molar-refractivity contribution < 1.29 is 4.79 Å². The third kappa shape index (κ3) is 6.51. The highest BCUT2D eigenvalue weighted by molar-refractivity contribution is 5.84. The molecule has 1 aromatic carbocycles. The van der Waals surface area contributed by atoms with Crippen LogP contribution in [0.25, 0.3) is 0 Å². The summed E-state index contributed by atoms with van der Waals surface area (Å²) in [4.78, 5) is 20.6. The van der Waals surface area contributed by atoms with Gasteiger partial charge < -0.3 is 15.5 Å². The van der Waals surface area contributed by atoms with Crippen LogP contribution in [0.1, 0.15) is 39.2 Å². The van der Waals surface area contributed by atoms with Crippen molar-refractivity contribution in [1.82, 2.24) is 20.4 Å². The van der Waals surface area contributed by atoms with Gasteiger partial charge in [-0.1, -0.05) is 51.1 Å². The molecule has 1 fully saturated rings. The molecule has 1 aromatic rings. The SMILES string of the molecule is CCN1CCCC1CNC(=NCC(=O)N(C)C)NCC(C)(C)c1ccccc1. The van der Waals surface area contributed by atoms with Crippen molar-refractivity contribution in [3.8, 4) is 0 Å². The van der Waals surface area contributed by atoms with E-state index in [0.29, 0.717) is 12.0 Å². The molecule has 1 atom stereocenters. The highest BCUT2D eigenvalue weighted by Crippen LogP contribution is 2.21. The summed E-state index contributed by atoms with van der Waals surface area (Å²) in [6.07, 6.45) is 2.46. The van der Waals surface area contributed by atoms with Crippen LogP contribution in [0.2, 0.25) is 0 Å². The third-order valence-corrected chi connectivity index (χ3v) is 5.53. The molecule has 28 heavy (non-hydrogen) atoms. The van der Waals surface area contributed by atoms with Gasteiger partial charge in [-0.3, -0.25) is 9.69 Å². The number of aliphatic imine (C=N–C) groups is 1. The van der Waals surface area contributed by atoms with E-state index < -0.39 is 0 Å². The largest absolute Gasteiger partial charge is 0.356 e. The Bertz CT molecular complexity index is 642. The molecule has 0 aromatic heterocycles. The summed E-state index contributed by atoms with van der Waals surface area (Å²) in [6, 6.07) is 11.0. The van der Waals surface area contributed by atoms with Crippen LogP contribution in [0, 0.1) is 0 Å². The van der Waals surface area contributed by atoms with E-state index in [-0.39, 0.29) is 17.9 Å². The molecule has 0 aliphatic carbocycles. The van der Waals surface area contributed by atoms with Crippen LogP contribution in [-0.4, -0.2) is 74.5 Å². The van der Waals surface area contributed by atoms with E-state index in [9.17, 15) is 4.79 Å². The summed E-state index contributed by atoms with van der Waals surface area (Å²) in [6.45, 7) is 10.6. The van der Waals surface area contributed by atoms with Gasteiger partial charge in [-0.25, -0.2) is 4.99 Å². The smallest absolute Gasteiger partial charge is 0.243 e. The highest BCUT2D eigenvalue weighted by Gasteiger charge is 2.24. The molecule has 156 valence electrons. The quantitative estimate of drug-likeness (QED) is 0.530. The van der Waals surface area contributed by atoms with Crippen LogP contribution >= 0.6 is 0 Å². The molecule has 6 nitrogen and oxygen atoms in total. The van der Waals surface area contributed by atoms with E-state index in [1.54, 1.807) is 19.0 Å². The minimum absolute atomic E-state index is 0.000490. The molecule has 0 radical (unpaired) electrons. The maximum Gasteiger partial charge on any atom is 0.243 e. The van der Waals surface area contributed by atoms with Crippen molar-refractivity contribution in [2.45, 2.75) is 45.1 Å². The Morgan fingerprint density at radius 3 is 2.61 bits per heavy atom. The fourth-order valence-electron chi connectivity index (χ4n) is 3.52. The lowest BCUT2D eigenvalue weighted by atomic mass is 9.85. The number of likely N-dealkylation sites (tertiary alicyclic amines) is 1. The summed E-state index contributed by atoms with van der Waals surface area (Å²) < 4.78 is 0. The van der Waals surface area contributed by atoms with E-state index in [2.05, 4.69) is 65.6 Å². The zero-order valence-corrected chi connectivity index (χ0v) is 18.2. The topological polar surface area (TPSA) is 60.0 Å². The fraction of sp³-hybridized carbons (Fsp3) is 0.636. The van der Waals surface area contributed by atoms with Crippen molar-refractivity contribution in [1.29, 1.82) is 0 Å². The molecule has 0 spiro atoms. The summed E-state index contributed by atoms with van der Waals surface area (Å²) in [5.74, 6) is 0.710. The molecule has 1 aliphatic heterocycles. The lowest BCUT2D eigenvalue weighted by Gasteiger charge is -2.28. The third-order valence-electron chi connectivity index (χ3n) is 5.53. The van der Waals surface area contributed by atoms with Crippen molar-refractivity contribution in [3.63, 3.8) is 0 Å². The monoisotopic (exact) mass is 387 g/mol. The molecule has 0 saturated carbocycles. The van der Waals surface area contributed by atoms with Crippen LogP contribution in [0.5, 0.6) is 0 Å². The van der Waals surface area contributed by atoms with E-state index in [0.717, 1.165) is 19.6 Å². The molecular weight excluding hydrogens is 350 g/mol. The van der Waals surface area contributed by atoms with Crippen molar-refractivity contribution in [3.05, 3.63) is 35.9 Å². The lowest BCUT2D eigenvalue weighted by Crippen LogP contribution is -2.48. The number of rotatable bonds is 8. The molecule has 2 N–H and O–H groups in total. The van der Waals surface area contributed by atoms with E-state index >= 15 is 0 Å². The number of benzene rings is 1. The van der Waals surface area contributed by atoms with Crippen LogP contribution in [0.3, 0.4) is 0 Å². The Morgan fingerprint density at radius 2 is 1.96 bits per heavy atom. The first-order valence-electron chi connectivity index (χ1n) is 10.4. The Balaban J connectivity index is 2.00. The van der Waals surface area contributed by atoms with E-state index in [1.165, 1.54) is 24.9 Å². The van der Waals surface area contributed by atoms with Gasteiger partial charge in [0.1, 0.15) is 6.54 Å². The number of nitrogens with one attached hydrogen (secondary N) is 2. The number of carbonyl (C=O) groups is 1. The van der Waals surface area contributed by atoms with E-state index in [4.69, 9.17) is 0 Å². The number of amides is 1. The first-order valence-corrected chi connectivity index (χ1v) is 10.4. The number of hydrogen-bond acceptors (Lipinski definition) is 3. The highest BCUT2D eigenvalue weighted by atomic mass is 16.2. The van der Waals surface area contributed by atoms with Crippen LogP contribution in [-0.2, 0) is 10.2 Å². The minimum atomic E-state index is -0.0436. The number of likely N-dealkylation sites (N-methyl/N-ethyl adjacent to an activating group) is 2. The first-order chi connectivity index (χ1) is 13.3. The second kappa shape index (κ2) is 10.5. The number of nitrogens with zero attached hydrogens (tertiary/aromatic N) is 3. The predicted octanol–water partition coefficient (Wildman–Crippen LogP) is 2.07. The minimum Gasteiger partial charge on any atom is -0.356 e. The Kier molecular flexibility index (Phi) is 8.30. The van der Waals surface area contributed by atoms with E-state index in [1.807, 2.05) is 6.07 Å². The Labute approximate surface area is 170 Å². The van der Waals surface area contributed by atoms with Gasteiger partial charge in [-0.05, 0) is 31.5 Å². The van der Waals surface area contributed by atoms with Gasteiger partial charge in [0.05, 0.1) is 0 Å². The normalized spacial score (nSPS) is 18.2. The number of carbonyl (C=O) groups excluding carboxylic acids is 1. The molecule has 2 rings (SSSR count). The molecule has 1 aliphatic rings. The summed E-state index contributed by atoms with van der Waals surface area (Å²) in [7, 11) is 3.52. The summed E-state index contributed by atoms with van der Waals surface area (Å²) in [5.41, 5.74) is 1.23. The molecule has 1 amide bonds. The first kappa shape index (κ1) is 22.2. The molecule has 1 heterocycles. The molecule has 0 bridgehead atoms. The lowest BCUT2D eigenvalue weighted by molar-refractivity contribution is -0.127. The van der Waals surface area contributed by atoms with Crippen molar-refractivity contribution in [2.75, 3.05) is 46.8 Å². The van der Waals surface area contributed by atoms with Gasteiger partial charge in [-0.15, -0.1) is 0 Å². The zero-order chi connectivity index (χ0) is 20.6. The maximum atomic E-state index is 12.0. The number of guanidine groups is 1. The summed E-state index contributed by atoms with van der Waals surface area (Å²) in [5, 5.41) is 6.93. The average molecular weight is 388 g/mol. The van der Waals surface area contributed by atoms with Crippen molar-refractivity contribution >= 4 is 11.9 Å². The van der Waals surface area contributed by atoms with Gasteiger partial charge in [0.15, 0.2) is 5.96 Å². The summed E-state index contributed by atoms with van der Waals surface area (Å²) >= 11 is 0. The van der Waals surface area contributed by atoms with Gasteiger partial charge in [0.25, 0.3) is 0 Å². The molecule has 6 heteroatoms. The molecule has 1 saturated heterocycles.